The summed E-state index contributed by atoms with van der Waals surface area (Å²) in [5.41, 5.74) is 6.07. The number of rotatable bonds is 5. The molecule has 28 heavy (non-hydrogen) atoms. The number of hydrogen-bond donors (Lipinski definition) is 2. The number of benzene rings is 2. The number of aromatic nitrogens is 5. The molecule has 0 fully saturated rings. The SMILES string of the molecule is CC(C(=O)N/N=C/c1cn[nH]c1-c1ccc(F)cc1)n1nnc2ccccc21. The van der Waals surface area contributed by atoms with Gasteiger partial charge in [-0.05, 0) is 43.3 Å². The maximum atomic E-state index is 13.1. The van der Waals surface area contributed by atoms with Gasteiger partial charge in [-0.3, -0.25) is 9.89 Å². The first-order chi connectivity index (χ1) is 13.6. The number of aromatic amines is 1. The number of hydrazone groups is 1. The molecule has 2 heterocycles. The summed E-state index contributed by atoms with van der Waals surface area (Å²) < 4.78 is 14.6. The zero-order valence-corrected chi connectivity index (χ0v) is 14.9. The molecule has 2 N–H and O–H groups in total. The number of halogens is 1. The first kappa shape index (κ1) is 17.5. The van der Waals surface area contributed by atoms with Crippen molar-refractivity contribution in [1.82, 2.24) is 30.6 Å². The summed E-state index contributed by atoms with van der Waals surface area (Å²) in [6, 6.07) is 12.8. The van der Waals surface area contributed by atoms with Crippen LogP contribution in [0, 0.1) is 5.82 Å². The van der Waals surface area contributed by atoms with Crippen LogP contribution in [0.15, 0.2) is 59.8 Å². The van der Waals surface area contributed by atoms with Crippen LogP contribution >= 0.6 is 0 Å². The summed E-state index contributed by atoms with van der Waals surface area (Å²) in [6.45, 7) is 1.72. The van der Waals surface area contributed by atoms with Crippen LogP contribution in [0.4, 0.5) is 4.39 Å². The van der Waals surface area contributed by atoms with Crippen molar-refractivity contribution in [3.05, 3.63) is 66.1 Å². The summed E-state index contributed by atoms with van der Waals surface area (Å²) in [5.74, 6) is -0.654. The van der Waals surface area contributed by atoms with Gasteiger partial charge in [-0.25, -0.2) is 14.5 Å². The predicted octanol–water partition coefficient (Wildman–Crippen LogP) is 2.67. The van der Waals surface area contributed by atoms with Gasteiger partial charge < -0.3 is 0 Å². The topological polar surface area (TPSA) is 101 Å². The molecule has 0 aliphatic rings. The third-order valence-electron chi connectivity index (χ3n) is 4.30. The Balaban J connectivity index is 1.47. The van der Waals surface area contributed by atoms with Gasteiger partial charge in [-0.1, -0.05) is 17.3 Å². The van der Waals surface area contributed by atoms with E-state index in [1.54, 1.807) is 29.9 Å². The molecular weight excluding hydrogens is 361 g/mol. The highest BCUT2D eigenvalue weighted by atomic mass is 19.1. The van der Waals surface area contributed by atoms with Crippen molar-refractivity contribution < 1.29 is 9.18 Å². The van der Waals surface area contributed by atoms with Crippen LogP contribution < -0.4 is 5.43 Å². The molecule has 2 aromatic heterocycles. The van der Waals surface area contributed by atoms with Crippen LogP contribution in [0.25, 0.3) is 22.3 Å². The fourth-order valence-electron chi connectivity index (χ4n) is 2.78. The number of amides is 1. The van der Waals surface area contributed by atoms with Gasteiger partial charge in [0.15, 0.2) is 0 Å². The Hall–Kier alpha value is -3.88. The first-order valence-corrected chi connectivity index (χ1v) is 8.55. The second-order valence-corrected chi connectivity index (χ2v) is 6.14. The molecule has 140 valence electrons. The van der Waals surface area contributed by atoms with Crippen LogP contribution in [0.5, 0.6) is 0 Å². The Morgan fingerprint density at radius 1 is 1.25 bits per heavy atom. The average Bonchev–Trinajstić information content (AvgIpc) is 3.35. The van der Waals surface area contributed by atoms with E-state index in [1.165, 1.54) is 18.3 Å². The lowest BCUT2D eigenvalue weighted by molar-refractivity contribution is -0.124. The maximum absolute atomic E-state index is 13.1. The third-order valence-corrected chi connectivity index (χ3v) is 4.30. The monoisotopic (exact) mass is 377 g/mol. The third kappa shape index (κ3) is 3.37. The van der Waals surface area contributed by atoms with E-state index in [0.717, 1.165) is 11.1 Å². The van der Waals surface area contributed by atoms with Crippen LogP contribution in [0.2, 0.25) is 0 Å². The minimum atomic E-state index is -0.592. The average molecular weight is 377 g/mol. The van der Waals surface area contributed by atoms with Crippen molar-refractivity contribution in [1.29, 1.82) is 0 Å². The Morgan fingerprint density at radius 2 is 2.04 bits per heavy atom. The molecule has 0 radical (unpaired) electrons. The number of H-pyrrole nitrogens is 1. The molecule has 0 saturated carbocycles. The van der Waals surface area contributed by atoms with Gasteiger partial charge in [0, 0.05) is 11.1 Å². The molecule has 0 aliphatic heterocycles. The van der Waals surface area contributed by atoms with Gasteiger partial charge in [-0.2, -0.15) is 10.2 Å². The van der Waals surface area contributed by atoms with E-state index in [2.05, 4.69) is 31.0 Å². The molecule has 0 bridgehead atoms. The minimum absolute atomic E-state index is 0.319. The zero-order chi connectivity index (χ0) is 19.5. The molecule has 4 aromatic rings. The summed E-state index contributed by atoms with van der Waals surface area (Å²) in [6.07, 6.45) is 3.05. The van der Waals surface area contributed by atoms with Crippen molar-refractivity contribution in [3.63, 3.8) is 0 Å². The van der Waals surface area contributed by atoms with Gasteiger partial charge in [0.25, 0.3) is 5.91 Å². The van der Waals surface area contributed by atoms with E-state index in [4.69, 9.17) is 0 Å². The lowest BCUT2D eigenvalue weighted by Gasteiger charge is -2.10. The summed E-state index contributed by atoms with van der Waals surface area (Å²) in [4.78, 5) is 12.4. The molecular formula is C19H16FN7O. The van der Waals surface area contributed by atoms with E-state index in [-0.39, 0.29) is 11.7 Å². The van der Waals surface area contributed by atoms with Crippen molar-refractivity contribution in [2.75, 3.05) is 0 Å². The quantitative estimate of drug-likeness (QED) is 0.412. The Bertz CT molecular complexity index is 1150. The number of hydrogen-bond acceptors (Lipinski definition) is 5. The largest absolute Gasteiger partial charge is 0.277 e. The van der Waals surface area contributed by atoms with Gasteiger partial charge in [-0.15, -0.1) is 5.10 Å². The van der Waals surface area contributed by atoms with E-state index < -0.39 is 6.04 Å². The molecule has 8 nitrogen and oxygen atoms in total. The van der Waals surface area contributed by atoms with E-state index in [9.17, 15) is 9.18 Å². The van der Waals surface area contributed by atoms with Crippen molar-refractivity contribution >= 4 is 23.2 Å². The Labute approximate surface area is 159 Å². The molecule has 4 rings (SSSR count). The standard InChI is InChI=1S/C19H16FN7O/c1-12(27-17-5-3-2-4-16(17)23-26-27)19(28)25-22-11-14-10-21-24-18(14)13-6-8-15(20)9-7-13/h2-12H,1H3,(H,21,24)(H,25,28)/b22-11+. The fraction of sp³-hybridized carbons (Fsp3) is 0.105. The van der Waals surface area contributed by atoms with E-state index in [1.807, 2.05) is 24.3 Å². The van der Waals surface area contributed by atoms with Crippen molar-refractivity contribution in [2.45, 2.75) is 13.0 Å². The molecule has 2 aromatic carbocycles. The number of carbonyl (C=O) groups is 1. The first-order valence-electron chi connectivity index (χ1n) is 8.55. The highest BCUT2D eigenvalue weighted by Crippen LogP contribution is 2.20. The second kappa shape index (κ2) is 7.39. The van der Waals surface area contributed by atoms with E-state index >= 15 is 0 Å². The number of fused-ring (bicyclic) bond motifs is 1. The lowest BCUT2D eigenvalue weighted by atomic mass is 10.1. The van der Waals surface area contributed by atoms with Crippen LogP contribution in [-0.4, -0.2) is 37.3 Å². The zero-order valence-electron chi connectivity index (χ0n) is 14.9. The van der Waals surface area contributed by atoms with Crippen molar-refractivity contribution in [3.8, 4) is 11.3 Å². The Morgan fingerprint density at radius 3 is 2.86 bits per heavy atom. The lowest BCUT2D eigenvalue weighted by Crippen LogP contribution is -2.28. The highest BCUT2D eigenvalue weighted by molar-refractivity contribution is 5.90. The second-order valence-electron chi connectivity index (χ2n) is 6.14. The van der Waals surface area contributed by atoms with Gasteiger partial charge in [0.2, 0.25) is 0 Å². The molecule has 0 saturated heterocycles. The van der Waals surface area contributed by atoms with Gasteiger partial charge in [0.1, 0.15) is 17.4 Å². The molecule has 1 amide bonds. The molecule has 1 unspecified atom stereocenters. The number of nitrogens with one attached hydrogen (secondary N) is 2. The highest BCUT2D eigenvalue weighted by Gasteiger charge is 2.18. The van der Waals surface area contributed by atoms with Crippen LogP contribution in [0.1, 0.15) is 18.5 Å². The Kier molecular flexibility index (Phi) is 4.63. The number of carbonyl (C=O) groups excluding carboxylic acids is 1. The summed E-state index contributed by atoms with van der Waals surface area (Å²) in [7, 11) is 0. The molecule has 1 atom stereocenters. The summed E-state index contributed by atoms with van der Waals surface area (Å²) in [5, 5.41) is 18.9. The molecule has 0 spiro atoms. The molecule has 0 aliphatic carbocycles. The predicted molar refractivity (Wildman–Crippen MR) is 102 cm³/mol. The van der Waals surface area contributed by atoms with Crippen LogP contribution in [-0.2, 0) is 4.79 Å². The fourth-order valence-corrected chi connectivity index (χ4v) is 2.78. The normalized spacial score (nSPS) is 12.5. The van der Waals surface area contributed by atoms with Gasteiger partial charge in [0.05, 0.1) is 23.6 Å². The van der Waals surface area contributed by atoms with E-state index in [0.29, 0.717) is 16.8 Å². The van der Waals surface area contributed by atoms with Gasteiger partial charge >= 0.3 is 0 Å². The maximum Gasteiger partial charge on any atom is 0.264 e. The van der Waals surface area contributed by atoms with Crippen molar-refractivity contribution in [2.24, 2.45) is 5.10 Å². The number of nitrogens with zero attached hydrogens (tertiary/aromatic N) is 5. The smallest absolute Gasteiger partial charge is 0.264 e. The minimum Gasteiger partial charge on any atom is -0.277 e. The number of para-hydroxylation sites is 1. The van der Waals surface area contributed by atoms with Crippen LogP contribution in [0.3, 0.4) is 0 Å². The molecule has 9 heteroatoms. The summed E-state index contributed by atoms with van der Waals surface area (Å²) >= 11 is 0.